The lowest BCUT2D eigenvalue weighted by atomic mass is 10.1. The first-order valence-electron chi connectivity index (χ1n) is 10.7. The predicted octanol–water partition coefficient (Wildman–Crippen LogP) is 5.58. The van der Waals surface area contributed by atoms with Crippen LogP contribution in [-0.2, 0) is 4.74 Å². The van der Waals surface area contributed by atoms with Gasteiger partial charge in [-0.3, -0.25) is 4.79 Å². The Morgan fingerprint density at radius 1 is 1.03 bits per heavy atom. The monoisotopic (exact) mass is 468 g/mol. The van der Waals surface area contributed by atoms with Crippen LogP contribution in [0.1, 0.15) is 27.8 Å². The fourth-order valence-corrected chi connectivity index (χ4v) is 4.38. The third kappa shape index (κ3) is 4.31. The Balaban J connectivity index is 1.48. The van der Waals surface area contributed by atoms with E-state index in [-0.39, 0.29) is 18.2 Å². The third-order valence-corrected chi connectivity index (χ3v) is 6.09. The number of amides is 1. The molecule has 3 aromatic heterocycles. The molecule has 0 saturated carbocycles. The molecule has 0 atom stereocenters. The number of ether oxygens (including phenoxy) is 1. The number of fused-ring (bicyclic) bond motifs is 1. The number of carbonyl (C=O) groups is 2. The summed E-state index contributed by atoms with van der Waals surface area (Å²) in [6, 6.07) is 22.2. The first-order valence-corrected chi connectivity index (χ1v) is 11.6. The zero-order valence-electron chi connectivity index (χ0n) is 18.3. The number of nitrogens with zero attached hydrogens (tertiary/aromatic N) is 3. The molecular weight excluding hydrogens is 448 g/mol. The first kappa shape index (κ1) is 21.5. The van der Waals surface area contributed by atoms with E-state index in [9.17, 15) is 9.59 Å². The molecule has 0 bridgehead atoms. The number of thiophene rings is 1. The molecule has 0 fully saturated rings. The van der Waals surface area contributed by atoms with Gasteiger partial charge in [0.15, 0.2) is 11.5 Å². The van der Waals surface area contributed by atoms with Gasteiger partial charge in [-0.25, -0.2) is 14.5 Å². The van der Waals surface area contributed by atoms with Crippen LogP contribution in [0.25, 0.3) is 27.2 Å². The zero-order chi connectivity index (χ0) is 23.5. The fourth-order valence-electron chi connectivity index (χ4n) is 3.61. The van der Waals surface area contributed by atoms with Crippen LogP contribution in [0.2, 0.25) is 0 Å². The number of aromatic nitrogens is 3. The number of hydrogen-bond acceptors (Lipinski definition) is 6. The lowest BCUT2D eigenvalue weighted by Crippen LogP contribution is -2.11. The summed E-state index contributed by atoms with van der Waals surface area (Å²) in [5.41, 5.74) is 2.80. The minimum atomic E-state index is -0.508. The van der Waals surface area contributed by atoms with Gasteiger partial charge in [-0.1, -0.05) is 18.2 Å². The Labute approximate surface area is 199 Å². The highest BCUT2D eigenvalue weighted by Gasteiger charge is 2.18. The second-order valence-corrected chi connectivity index (χ2v) is 8.39. The maximum atomic E-state index is 12.9. The Morgan fingerprint density at radius 3 is 2.76 bits per heavy atom. The molecule has 7 nitrogen and oxygen atoms in total. The van der Waals surface area contributed by atoms with Crippen LogP contribution in [0, 0.1) is 0 Å². The quantitative estimate of drug-likeness (QED) is 0.329. The zero-order valence-corrected chi connectivity index (χ0v) is 19.1. The number of carbonyl (C=O) groups excluding carboxylic acids is 2. The lowest BCUT2D eigenvalue weighted by Gasteiger charge is -2.10. The van der Waals surface area contributed by atoms with Gasteiger partial charge in [0.05, 0.1) is 12.3 Å². The van der Waals surface area contributed by atoms with Crippen molar-refractivity contribution in [2.75, 3.05) is 11.9 Å². The maximum absolute atomic E-state index is 12.9. The first-order chi connectivity index (χ1) is 16.6. The van der Waals surface area contributed by atoms with E-state index in [0.29, 0.717) is 22.8 Å². The van der Waals surface area contributed by atoms with Gasteiger partial charge in [-0.2, -0.15) is 5.10 Å². The van der Waals surface area contributed by atoms with Crippen molar-refractivity contribution in [3.05, 3.63) is 95.6 Å². The second-order valence-electron chi connectivity index (χ2n) is 7.44. The van der Waals surface area contributed by atoms with Gasteiger partial charge >= 0.3 is 5.97 Å². The van der Waals surface area contributed by atoms with Gasteiger partial charge in [0.2, 0.25) is 0 Å². The van der Waals surface area contributed by atoms with Crippen LogP contribution in [0.3, 0.4) is 0 Å². The summed E-state index contributed by atoms with van der Waals surface area (Å²) >= 11 is 1.64. The summed E-state index contributed by atoms with van der Waals surface area (Å²) in [6.07, 6.45) is 1.66. The molecule has 2 aromatic carbocycles. The summed E-state index contributed by atoms with van der Waals surface area (Å²) in [7, 11) is 0. The van der Waals surface area contributed by atoms with E-state index in [2.05, 4.69) is 15.4 Å². The number of anilines is 1. The minimum Gasteiger partial charge on any atom is -0.461 e. The van der Waals surface area contributed by atoms with E-state index in [1.807, 2.05) is 66.0 Å². The maximum Gasteiger partial charge on any atom is 0.358 e. The van der Waals surface area contributed by atoms with Crippen LogP contribution in [0.15, 0.2) is 84.4 Å². The number of benzene rings is 2. The smallest absolute Gasteiger partial charge is 0.358 e. The largest absolute Gasteiger partial charge is 0.461 e. The Morgan fingerprint density at radius 2 is 1.94 bits per heavy atom. The highest BCUT2D eigenvalue weighted by atomic mass is 32.1. The normalized spacial score (nSPS) is 10.9. The molecule has 8 heteroatoms. The predicted molar refractivity (Wildman–Crippen MR) is 133 cm³/mol. The van der Waals surface area contributed by atoms with E-state index in [1.165, 1.54) is 0 Å². The van der Waals surface area contributed by atoms with Crippen molar-refractivity contribution in [1.29, 1.82) is 0 Å². The van der Waals surface area contributed by atoms with Gasteiger partial charge in [0, 0.05) is 27.7 Å². The number of pyridine rings is 1. The van der Waals surface area contributed by atoms with E-state index in [0.717, 1.165) is 15.6 Å². The van der Waals surface area contributed by atoms with Gasteiger partial charge in [0.1, 0.15) is 0 Å². The van der Waals surface area contributed by atoms with Gasteiger partial charge in [-0.05, 0) is 72.3 Å². The van der Waals surface area contributed by atoms with Crippen LogP contribution in [0.5, 0.6) is 0 Å². The summed E-state index contributed by atoms with van der Waals surface area (Å²) < 4.78 is 7.86. The minimum absolute atomic E-state index is 0.181. The SMILES string of the molecule is CCOC(=O)c1cc(-c2cccc(NC(=O)c3ccc4sccc4c3)c2)n(-c2ccccn2)n1. The molecule has 5 rings (SSSR count). The van der Waals surface area contributed by atoms with Gasteiger partial charge in [0.25, 0.3) is 5.91 Å². The van der Waals surface area contributed by atoms with E-state index in [1.54, 1.807) is 41.3 Å². The van der Waals surface area contributed by atoms with Crippen LogP contribution >= 0.6 is 11.3 Å². The molecule has 0 spiro atoms. The summed E-state index contributed by atoms with van der Waals surface area (Å²) in [6.45, 7) is 2.00. The third-order valence-electron chi connectivity index (χ3n) is 5.19. The number of nitrogens with one attached hydrogen (secondary N) is 1. The molecule has 0 aliphatic carbocycles. The van der Waals surface area contributed by atoms with Crippen LogP contribution < -0.4 is 5.32 Å². The number of rotatable bonds is 6. The van der Waals surface area contributed by atoms with Crippen molar-refractivity contribution in [1.82, 2.24) is 14.8 Å². The molecule has 0 unspecified atom stereocenters. The van der Waals surface area contributed by atoms with E-state index >= 15 is 0 Å². The van der Waals surface area contributed by atoms with Crippen LogP contribution in [0.4, 0.5) is 5.69 Å². The molecule has 3 heterocycles. The van der Waals surface area contributed by atoms with Gasteiger partial charge < -0.3 is 10.1 Å². The van der Waals surface area contributed by atoms with Gasteiger partial charge in [-0.15, -0.1) is 11.3 Å². The Bertz CT molecular complexity index is 1490. The highest BCUT2D eigenvalue weighted by Crippen LogP contribution is 2.27. The Kier molecular flexibility index (Phi) is 5.88. The van der Waals surface area contributed by atoms with E-state index in [4.69, 9.17) is 4.74 Å². The summed E-state index contributed by atoms with van der Waals surface area (Å²) in [4.78, 5) is 29.6. The summed E-state index contributed by atoms with van der Waals surface area (Å²) in [5, 5.41) is 10.4. The number of hydrogen-bond donors (Lipinski definition) is 1. The fraction of sp³-hybridized carbons (Fsp3) is 0.0769. The van der Waals surface area contributed by atoms with Crippen molar-refractivity contribution in [3.8, 4) is 17.1 Å². The highest BCUT2D eigenvalue weighted by molar-refractivity contribution is 7.17. The lowest BCUT2D eigenvalue weighted by molar-refractivity contribution is 0.0519. The number of esters is 1. The van der Waals surface area contributed by atoms with Crippen molar-refractivity contribution in [2.24, 2.45) is 0 Å². The molecule has 168 valence electrons. The molecular formula is C26H20N4O3S. The van der Waals surface area contributed by atoms with Crippen molar-refractivity contribution >= 4 is 39.0 Å². The van der Waals surface area contributed by atoms with Crippen molar-refractivity contribution < 1.29 is 14.3 Å². The molecule has 34 heavy (non-hydrogen) atoms. The molecule has 0 radical (unpaired) electrons. The molecule has 1 amide bonds. The summed E-state index contributed by atoms with van der Waals surface area (Å²) in [5.74, 6) is -0.144. The molecule has 0 aliphatic rings. The average Bonchev–Trinajstić information content (AvgIpc) is 3.52. The van der Waals surface area contributed by atoms with Crippen molar-refractivity contribution in [2.45, 2.75) is 6.92 Å². The molecule has 5 aromatic rings. The molecule has 1 N–H and O–H groups in total. The average molecular weight is 469 g/mol. The van der Waals surface area contributed by atoms with Crippen LogP contribution in [-0.4, -0.2) is 33.2 Å². The topological polar surface area (TPSA) is 86.1 Å². The van der Waals surface area contributed by atoms with Crippen molar-refractivity contribution in [3.63, 3.8) is 0 Å². The standard InChI is InChI=1S/C26H20N4O3S/c1-2-33-26(32)21-16-22(30(29-21)24-8-3-4-12-27-24)17-6-5-7-20(15-17)28-25(31)19-9-10-23-18(14-19)11-13-34-23/h3-16H,2H2,1H3,(H,28,31). The van der Waals surface area contributed by atoms with E-state index < -0.39 is 5.97 Å². The molecule has 0 aliphatic heterocycles. The molecule has 0 saturated heterocycles. The Hall–Kier alpha value is -4.30. The second kappa shape index (κ2) is 9.29.